The lowest BCUT2D eigenvalue weighted by Crippen LogP contribution is -2.29. The molecule has 1 N–H and O–H groups in total. The van der Waals surface area contributed by atoms with Crippen LogP contribution in [0.3, 0.4) is 0 Å². The number of furan rings is 1. The first-order valence-corrected chi connectivity index (χ1v) is 10.6. The van der Waals surface area contributed by atoms with Crippen molar-refractivity contribution >= 4 is 23.5 Å². The zero-order chi connectivity index (χ0) is 23.6. The lowest BCUT2D eigenvalue weighted by molar-refractivity contribution is -0.136. The molecular formula is C22H21ClF3N5O2. The third-order valence-electron chi connectivity index (χ3n) is 5.58. The minimum atomic E-state index is -4.63. The highest BCUT2D eigenvalue weighted by atomic mass is 35.5. The summed E-state index contributed by atoms with van der Waals surface area (Å²) < 4.78 is 45.4. The van der Waals surface area contributed by atoms with Crippen molar-refractivity contribution < 1.29 is 22.4 Å². The Balaban J connectivity index is 0.000000183. The van der Waals surface area contributed by atoms with Crippen LogP contribution < -0.4 is 0 Å². The van der Waals surface area contributed by atoms with Gasteiger partial charge in [-0.2, -0.15) is 13.2 Å². The van der Waals surface area contributed by atoms with Gasteiger partial charge in [0.2, 0.25) is 0 Å². The molecule has 174 valence electrons. The number of H-pyrrole nitrogens is 1. The van der Waals surface area contributed by atoms with Crippen LogP contribution in [0.15, 0.2) is 47.7 Å². The van der Waals surface area contributed by atoms with Gasteiger partial charge in [0.25, 0.3) is 0 Å². The molecule has 0 spiro atoms. The molecule has 5 heterocycles. The smallest absolute Gasteiger partial charge is 0.420 e. The van der Waals surface area contributed by atoms with E-state index in [-0.39, 0.29) is 16.4 Å². The van der Waals surface area contributed by atoms with Gasteiger partial charge >= 0.3 is 6.18 Å². The van der Waals surface area contributed by atoms with E-state index >= 15 is 0 Å². The van der Waals surface area contributed by atoms with E-state index in [0.29, 0.717) is 17.8 Å². The Kier molecular flexibility index (Phi) is 6.57. The molecule has 5 rings (SSSR count). The standard InChI is InChI=1S/C13H6ClF3N2O2.C9H15N3/c14-11-10(5-20)18-12-9(13(15,16)17)3-8(4-19(11)12)7-1-2-21-6-7;1-12-6-2-8(3-7-12)9-10-4-5-11-9/h1-6H;4-5,8H,2-3,6-7H2,1H3,(H,10,11). The monoisotopic (exact) mass is 479 g/mol. The third-order valence-corrected chi connectivity index (χ3v) is 5.96. The largest absolute Gasteiger partial charge is 0.472 e. The number of pyridine rings is 1. The summed E-state index contributed by atoms with van der Waals surface area (Å²) in [5.41, 5.74) is -0.926. The summed E-state index contributed by atoms with van der Waals surface area (Å²) in [7, 11) is 2.18. The van der Waals surface area contributed by atoms with E-state index in [4.69, 9.17) is 16.0 Å². The van der Waals surface area contributed by atoms with E-state index in [9.17, 15) is 18.0 Å². The second-order valence-electron chi connectivity index (χ2n) is 7.80. The van der Waals surface area contributed by atoms with Crippen LogP contribution in [0.4, 0.5) is 13.2 Å². The summed E-state index contributed by atoms with van der Waals surface area (Å²) >= 11 is 5.89. The van der Waals surface area contributed by atoms with Crippen LogP contribution in [0.2, 0.25) is 5.15 Å². The summed E-state index contributed by atoms with van der Waals surface area (Å²) in [5, 5.41) is -0.171. The predicted octanol–water partition coefficient (Wildman–Crippen LogP) is 5.30. The van der Waals surface area contributed by atoms with Crippen molar-refractivity contribution in [2.75, 3.05) is 20.1 Å². The number of rotatable bonds is 3. The molecule has 0 unspecified atom stereocenters. The molecule has 1 saturated heterocycles. The minimum absolute atomic E-state index is 0.171. The van der Waals surface area contributed by atoms with Crippen molar-refractivity contribution in [2.24, 2.45) is 0 Å². The van der Waals surface area contributed by atoms with Crippen LogP contribution >= 0.6 is 11.6 Å². The SMILES string of the molecule is CN1CCC(c2ncc[nH]2)CC1.O=Cc1nc2c(C(F)(F)F)cc(-c3ccoc3)cn2c1Cl. The number of imidazole rings is 2. The van der Waals surface area contributed by atoms with Gasteiger partial charge in [0, 0.05) is 35.6 Å². The second kappa shape index (κ2) is 9.40. The molecule has 4 aromatic heterocycles. The molecule has 0 aliphatic carbocycles. The van der Waals surface area contributed by atoms with Gasteiger partial charge in [0.15, 0.2) is 11.9 Å². The van der Waals surface area contributed by atoms with Crippen molar-refractivity contribution in [3.8, 4) is 11.1 Å². The first kappa shape index (κ1) is 23.1. The highest BCUT2D eigenvalue weighted by Gasteiger charge is 2.35. The molecule has 0 amide bonds. The van der Waals surface area contributed by atoms with Gasteiger partial charge < -0.3 is 14.3 Å². The van der Waals surface area contributed by atoms with Gasteiger partial charge in [0.1, 0.15) is 16.7 Å². The van der Waals surface area contributed by atoms with Gasteiger partial charge in [-0.25, -0.2) is 9.97 Å². The number of alkyl halides is 3. The van der Waals surface area contributed by atoms with Gasteiger partial charge in [-0.1, -0.05) is 11.6 Å². The first-order valence-electron chi connectivity index (χ1n) is 10.2. The predicted molar refractivity (Wildman–Crippen MR) is 116 cm³/mol. The fraction of sp³-hybridized carbons (Fsp3) is 0.318. The maximum atomic E-state index is 13.2. The Bertz CT molecular complexity index is 1210. The number of fused-ring (bicyclic) bond motifs is 1. The molecule has 0 aromatic carbocycles. The zero-order valence-corrected chi connectivity index (χ0v) is 18.4. The molecule has 1 fully saturated rings. The number of nitrogens with zero attached hydrogens (tertiary/aromatic N) is 4. The normalized spacial score (nSPS) is 15.4. The van der Waals surface area contributed by atoms with E-state index in [0.717, 1.165) is 10.5 Å². The van der Waals surface area contributed by atoms with Crippen molar-refractivity contribution in [1.82, 2.24) is 24.3 Å². The lowest BCUT2D eigenvalue weighted by Gasteiger charge is -2.27. The lowest BCUT2D eigenvalue weighted by atomic mass is 9.97. The Morgan fingerprint density at radius 1 is 1.27 bits per heavy atom. The molecule has 1 aliphatic rings. The molecular weight excluding hydrogens is 459 g/mol. The number of halogens is 4. The maximum absolute atomic E-state index is 13.2. The van der Waals surface area contributed by atoms with Crippen molar-refractivity contribution in [3.63, 3.8) is 0 Å². The zero-order valence-electron chi connectivity index (χ0n) is 17.6. The third kappa shape index (κ3) is 4.96. The highest BCUT2D eigenvalue weighted by Crippen LogP contribution is 2.36. The van der Waals surface area contributed by atoms with Crippen molar-refractivity contribution in [1.29, 1.82) is 0 Å². The van der Waals surface area contributed by atoms with Gasteiger partial charge in [-0.15, -0.1) is 0 Å². The number of aromatic nitrogens is 4. The number of nitrogens with one attached hydrogen (secondary N) is 1. The van der Waals surface area contributed by atoms with Crippen LogP contribution in [-0.2, 0) is 6.18 Å². The summed E-state index contributed by atoms with van der Waals surface area (Å²) in [6.07, 6.45) is 5.95. The number of likely N-dealkylation sites (tertiary alicyclic amines) is 1. The van der Waals surface area contributed by atoms with Crippen LogP contribution in [0.25, 0.3) is 16.8 Å². The van der Waals surface area contributed by atoms with E-state index in [2.05, 4.69) is 26.9 Å². The summed E-state index contributed by atoms with van der Waals surface area (Å²) in [4.78, 5) is 24.3. The fourth-order valence-electron chi connectivity index (χ4n) is 3.79. The van der Waals surface area contributed by atoms with E-state index < -0.39 is 17.4 Å². The van der Waals surface area contributed by atoms with Gasteiger partial charge in [-0.05, 0) is 45.1 Å². The van der Waals surface area contributed by atoms with Crippen LogP contribution in [-0.4, -0.2) is 50.7 Å². The average Bonchev–Trinajstić information content (AvgIpc) is 3.55. The maximum Gasteiger partial charge on any atom is 0.420 e. The fourth-order valence-corrected chi connectivity index (χ4v) is 4.00. The molecule has 4 aromatic rings. The van der Waals surface area contributed by atoms with E-state index in [1.807, 2.05) is 12.4 Å². The van der Waals surface area contributed by atoms with E-state index in [1.165, 1.54) is 56.5 Å². The number of hydrogen-bond donors (Lipinski definition) is 1. The number of hydrogen-bond acceptors (Lipinski definition) is 5. The van der Waals surface area contributed by atoms with Crippen molar-refractivity contribution in [2.45, 2.75) is 24.9 Å². The molecule has 11 heteroatoms. The minimum Gasteiger partial charge on any atom is -0.472 e. The van der Waals surface area contributed by atoms with E-state index in [1.54, 1.807) is 0 Å². The Labute approximate surface area is 192 Å². The first-order chi connectivity index (χ1) is 15.8. The molecule has 7 nitrogen and oxygen atoms in total. The Morgan fingerprint density at radius 2 is 2.03 bits per heavy atom. The quantitative estimate of drug-likeness (QED) is 0.403. The topological polar surface area (TPSA) is 79.4 Å². The molecule has 0 radical (unpaired) electrons. The number of aromatic amines is 1. The molecule has 0 atom stereocenters. The van der Waals surface area contributed by atoms with Crippen LogP contribution in [0.1, 0.15) is 40.6 Å². The summed E-state index contributed by atoms with van der Waals surface area (Å²) in [6.45, 7) is 2.40. The number of aldehydes is 1. The molecule has 33 heavy (non-hydrogen) atoms. The Hall–Kier alpha value is -3.11. The summed E-state index contributed by atoms with van der Waals surface area (Å²) in [5.74, 6) is 1.83. The van der Waals surface area contributed by atoms with Crippen LogP contribution in [0.5, 0.6) is 0 Å². The summed E-state index contributed by atoms with van der Waals surface area (Å²) in [6, 6.07) is 2.46. The highest BCUT2D eigenvalue weighted by molar-refractivity contribution is 6.32. The number of piperidine rings is 1. The number of carbonyl (C=O) groups excluding carboxylic acids is 1. The second-order valence-corrected chi connectivity index (χ2v) is 8.16. The van der Waals surface area contributed by atoms with Crippen molar-refractivity contribution in [3.05, 3.63) is 65.5 Å². The van der Waals surface area contributed by atoms with Gasteiger partial charge in [-0.3, -0.25) is 9.20 Å². The van der Waals surface area contributed by atoms with Crippen LogP contribution in [0, 0.1) is 0 Å². The van der Waals surface area contributed by atoms with Gasteiger partial charge in [0.05, 0.1) is 18.1 Å². The molecule has 0 saturated carbocycles. The average molecular weight is 480 g/mol. The molecule has 1 aliphatic heterocycles. The Morgan fingerprint density at radius 3 is 2.61 bits per heavy atom. The number of carbonyl (C=O) groups is 1. The molecule has 0 bridgehead atoms.